The van der Waals surface area contributed by atoms with E-state index in [2.05, 4.69) is 10.3 Å². The highest BCUT2D eigenvalue weighted by atomic mass is 16.5. The van der Waals surface area contributed by atoms with Gasteiger partial charge >= 0.3 is 0 Å². The van der Waals surface area contributed by atoms with Gasteiger partial charge in [0.15, 0.2) is 0 Å². The topological polar surface area (TPSA) is 71.1 Å². The molecule has 0 radical (unpaired) electrons. The van der Waals surface area contributed by atoms with E-state index in [-0.39, 0.29) is 5.57 Å². The molecule has 29 heavy (non-hydrogen) atoms. The van der Waals surface area contributed by atoms with E-state index >= 15 is 0 Å². The molecule has 2 saturated heterocycles. The summed E-state index contributed by atoms with van der Waals surface area (Å²) in [5.74, 6) is 0.401. The first-order chi connectivity index (χ1) is 14.1. The van der Waals surface area contributed by atoms with E-state index in [0.717, 1.165) is 31.6 Å². The molecule has 0 spiro atoms. The van der Waals surface area contributed by atoms with Crippen molar-refractivity contribution >= 4 is 29.3 Å². The summed E-state index contributed by atoms with van der Waals surface area (Å²) >= 11 is 0. The number of carbonyl (C=O) groups is 2. The van der Waals surface area contributed by atoms with Gasteiger partial charge in [0.2, 0.25) is 0 Å². The van der Waals surface area contributed by atoms with Gasteiger partial charge in [0, 0.05) is 24.7 Å². The van der Waals surface area contributed by atoms with Gasteiger partial charge in [-0.2, -0.15) is 0 Å². The van der Waals surface area contributed by atoms with Crippen LogP contribution in [0.4, 0.5) is 11.4 Å². The van der Waals surface area contributed by atoms with Gasteiger partial charge in [-0.15, -0.1) is 0 Å². The standard InChI is InChI=1S/C22H23N3O4/c1-28-19-14-18(24-10-6-7-11-24)20(29-2)13-15(19)12-17-21(26)23-25(22(17)27)16-8-4-3-5-9-16/h3-5,8-9,12-14H,6-7,10-11H2,1-2H3,(H,23,26). The van der Waals surface area contributed by atoms with Gasteiger partial charge in [-0.3, -0.25) is 15.0 Å². The Bertz CT molecular complexity index is 966. The van der Waals surface area contributed by atoms with Crippen molar-refractivity contribution in [1.29, 1.82) is 0 Å². The molecule has 2 aliphatic heterocycles. The molecular formula is C22H23N3O4. The Morgan fingerprint density at radius 2 is 1.66 bits per heavy atom. The largest absolute Gasteiger partial charge is 0.496 e. The van der Waals surface area contributed by atoms with E-state index in [4.69, 9.17) is 9.47 Å². The second-order valence-corrected chi connectivity index (χ2v) is 6.94. The molecule has 150 valence electrons. The van der Waals surface area contributed by atoms with Crippen molar-refractivity contribution in [1.82, 2.24) is 5.43 Å². The highest BCUT2D eigenvalue weighted by molar-refractivity contribution is 6.31. The van der Waals surface area contributed by atoms with Gasteiger partial charge in [0.25, 0.3) is 11.8 Å². The quantitative estimate of drug-likeness (QED) is 0.625. The first kappa shape index (κ1) is 18.9. The fourth-order valence-corrected chi connectivity index (χ4v) is 3.69. The van der Waals surface area contributed by atoms with E-state index in [1.165, 1.54) is 5.01 Å². The highest BCUT2D eigenvalue weighted by Crippen LogP contribution is 2.38. The summed E-state index contributed by atoms with van der Waals surface area (Å²) in [5.41, 5.74) is 4.82. The molecule has 2 aliphatic rings. The molecule has 4 rings (SSSR count). The van der Waals surface area contributed by atoms with E-state index in [9.17, 15) is 9.59 Å². The number of anilines is 2. The number of ether oxygens (including phenoxy) is 2. The maximum absolute atomic E-state index is 12.8. The summed E-state index contributed by atoms with van der Waals surface area (Å²) in [6.07, 6.45) is 3.83. The lowest BCUT2D eigenvalue weighted by atomic mass is 10.1. The third kappa shape index (κ3) is 3.51. The van der Waals surface area contributed by atoms with Crippen molar-refractivity contribution in [2.24, 2.45) is 0 Å². The third-order valence-electron chi connectivity index (χ3n) is 5.18. The first-order valence-corrected chi connectivity index (χ1v) is 9.55. The molecule has 2 amide bonds. The van der Waals surface area contributed by atoms with Gasteiger partial charge in [-0.25, -0.2) is 5.01 Å². The Morgan fingerprint density at radius 1 is 0.966 bits per heavy atom. The predicted molar refractivity (Wildman–Crippen MR) is 111 cm³/mol. The summed E-state index contributed by atoms with van der Waals surface area (Å²) < 4.78 is 11.1. The molecule has 2 aromatic carbocycles. The average Bonchev–Trinajstić information content (AvgIpc) is 3.38. The zero-order chi connectivity index (χ0) is 20.4. The second-order valence-electron chi connectivity index (χ2n) is 6.94. The van der Waals surface area contributed by atoms with Crippen LogP contribution in [0.25, 0.3) is 6.08 Å². The van der Waals surface area contributed by atoms with Crippen LogP contribution in [-0.4, -0.2) is 39.1 Å². The molecule has 0 aromatic heterocycles. The summed E-state index contributed by atoms with van der Waals surface area (Å²) in [5, 5.41) is 1.25. The number of carbonyl (C=O) groups excluding carboxylic acids is 2. The Labute approximate surface area is 169 Å². The fourth-order valence-electron chi connectivity index (χ4n) is 3.69. The molecule has 2 fully saturated rings. The minimum atomic E-state index is -0.455. The van der Waals surface area contributed by atoms with Gasteiger partial charge in [-0.1, -0.05) is 18.2 Å². The van der Waals surface area contributed by atoms with E-state index in [1.807, 2.05) is 18.2 Å². The Kier molecular flexibility index (Phi) is 5.12. The molecular weight excluding hydrogens is 370 g/mol. The summed E-state index contributed by atoms with van der Waals surface area (Å²) in [6, 6.07) is 12.7. The van der Waals surface area contributed by atoms with Crippen molar-refractivity contribution in [3.63, 3.8) is 0 Å². The second kappa shape index (κ2) is 7.87. The molecule has 2 aromatic rings. The van der Waals surface area contributed by atoms with Crippen molar-refractivity contribution in [3.05, 3.63) is 53.6 Å². The lowest BCUT2D eigenvalue weighted by Crippen LogP contribution is -2.35. The minimum absolute atomic E-state index is 0.0446. The summed E-state index contributed by atoms with van der Waals surface area (Å²) in [7, 11) is 3.19. The SMILES string of the molecule is COc1cc(N2CCCC2)c(OC)cc1C=C1C(=O)NN(c2ccccc2)C1=O. The van der Waals surface area contributed by atoms with E-state index in [0.29, 0.717) is 22.7 Å². The van der Waals surface area contributed by atoms with Crippen LogP contribution >= 0.6 is 0 Å². The minimum Gasteiger partial charge on any atom is -0.496 e. The number of hydrogen-bond acceptors (Lipinski definition) is 5. The first-order valence-electron chi connectivity index (χ1n) is 9.55. The van der Waals surface area contributed by atoms with Gasteiger partial charge in [0.05, 0.1) is 25.6 Å². The monoisotopic (exact) mass is 393 g/mol. The number of benzene rings is 2. The number of methoxy groups -OCH3 is 2. The number of nitrogens with one attached hydrogen (secondary N) is 1. The van der Waals surface area contributed by atoms with Gasteiger partial charge in [0.1, 0.15) is 17.1 Å². The van der Waals surface area contributed by atoms with E-state index in [1.54, 1.807) is 44.6 Å². The Morgan fingerprint density at radius 3 is 2.31 bits per heavy atom. The number of nitrogens with zero attached hydrogens (tertiary/aromatic N) is 2. The smallest absolute Gasteiger partial charge is 0.282 e. The van der Waals surface area contributed by atoms with E-state index < -0.39 is 11.8 Å². The molecule has 7 nitrogen and oxygen atoms in total. The van der Waals surface area contributed by atoms with Gasteiger partial charge in [-0.05, 0) is 37.1 Å². The molecule has 0 bridgehead atoms. The number of para-hydroxylation sites is 1. The lowest BCUT2D eigenvalue weighted by molar-refractivity contribution is -0.117. The van der Waals surface area contributed by atoms with Crippen molar-refractivity contribution in [2.45, 2.75) is 12.8 Å². The molecule has 0 atom stereocenters. The molecule has 2 heterocycles. The fraction of sp³-hybridized carbons (Fsp3) is 0.273. The van der Waals surface area contributed by atoms with Crippen LogP contribution in [0, 0.1) is 0 Å². The summed E-state index contributed by atoms with van der Waals surface area (Å²) in [6.45, 7) is 1.93. The van der Waals surface area contributed by atoms with Crippen LogP contribution in [0.3, 0.4) is 0 Å². The average molecular weight is 393 g/mol. The maximum Gasteiger partial charge on any atom is 0.282 e. The molecule has 0 aliphatic carbocycles. The highest BCUT2D eigenvalue weighted by Gasteiger charge is 2.34. The normalized spacial score (nSPS) is 17.8. The van der Waals surface area contributed by atoms with Crippen LogP contribution in [-0.2, 0) is 9.59 Å². The predicted octanol–water partition coefficient (Wildman–Crippen LogP) is 2.77. The lowest BCUT2D eigenvalue weighted by Gasteiger charge is -2.22. The van der Waals surface area contributed by atoms with Crippen molar-refractivity contribution in [2.75, 3.05) is 37.2 Å². The zero-order valence-corrected chi connectivity index (χ0v) is 16.5. The van der Waals surface area contributed by atoms with Crippen molar-refractivity contribution < 1.29 is 19.1 Å². The van der Waals surface area contributed by atoms with Crippen LogP contribution in [0.1, 0.15) is 18.4 Å². The zero-order valence-electron chi connectivity index (χ0n) is 16.5. The molecule has 0 saturated carbocycles. The third-order valence-corrected chi connectivity index (χ3v) is 5.18. The van der Waals surface area contributed by atoms with Crippen LogP contribution in [0.5, 0.6) is 11.5 Å². The van der Waals surface area contributed by atoms with Crippen LogP contribution in [0.2, 0.25) is 0 Å². The van der Waals surface area contributed by atoms with Crippen molar-refractivity contribution in [3.8, 4) is 11.5 Å². The number of rotatable bonds is 5. The van der Waals surface area contributed by atoms with Gasteiger partial charge < -0.3 is 14.4 Å². The molecule has 1 N–H and O–H groups in total. The number of hydrogen-bond donors (Lipinski definition) is 1. The maximum atomic E-state index is 12.8. The van der Waals surface area contributed by atoms with Crippen LogP contribution < -0.4 is 24.8 Å². The Hall–Kier alpha value is -3.48. The number of amides is 2. The molecule has 7 heteroatoms. The number of hydrazine groups is 1. The molecule has 0 unspecified atom stereocenters. The Balaban J connectivity index is 1.71. The van der Waals surface area contributed by atoms with Crippen LogP contribution in [0.15, 0.2) is 48.0 Å². The summed E-state index contributed by atoms with van der Waals surface area (Å²) in [4.78, 5) is 27.6.